The van der Waals surface area contributed by atoms with Crippen molar-refractivity contribution < 1.29 is 65.3 Å². The molecule has 0 spiro atoms. The van der Waals surface area contributed by atoms with E-state index < -0.39 is 17.9 Å². The van der Waals surface area contributed by atoms with Crippen LogP contribution in [0.2, 0.25) is 0 Å². The summed E-state index contributed by atoms with van der Waals surface area (Å²) >= 11 is 0. The van der Waals surface area contributed by atoms with Gasteiger partial charge in [-0.3, -0.25) is 0 Å². The number of aliphatic carboxylic acids is 3. The van der Waals surface area contributed by atoms with E-state index in [9.17, 15) is 29.7 Å². The fourth-order valence-corrected chi connectivity index (χ4v) is 8.44. The van der Waals surface area contributed by atoms with Crippen LogP contribution >= 0.6 is 0 Å². The van der Waals surface area contributed by atoms with Crippen LogP contribution in [0.5, 0.6) is 0 Å². The molecule has 0 heterocycles. The molecule has 6 nitrogen and oxygen atoms in total. The van der Waals surface area contributed by atoms with E-state index in [0.717, 1.165) is 56.8 Å². The number of carbonyl (C=O) groups is 3. The molecule has 0 aromatic rings. The molecule has 0 aliphatic heterocycles. The predicted molar refractivity (Wildman–Crippen MR) is 281 cm³/mol. The SMILES string of the molecule is CCCCCCCCCCCCCCCCCC=CC(=O)[O-].CCCCCCCCCCCCCCCCCC=CC(=O)[O-].CCCCCCCCCCCCCCCCCC=CC(=O)[O-].[La+3]. The molecule has 67 heavy (non-hydrogen) atoms. The molecule has 0 fully saturated rings. The summed E-state index contributed by atoms with van der Waals surface area (Å²) in [6.07, 6.45) is 72.5. The molecule has 390 valence electrons. The Hall–Kier alpha value is -1.18. The Morgan fingerprint density at radius 3 is 0.478 bits per heavy atom. The van der Waals surface area contributed by atoms with E-state index in [1.54, 1.807) is 18.2 Å². The van der Waals surface area contributed by atoms with Crippen LogP contribution in [0.1, 0.15) is 329 Å². The topological polar surface area (TPSA) is 120 Å². The monoisotopic (exact) mass is 1070 g/mol. The van der Waals surface area contributed by atoms with Crippen LogP contribution in [0.4, 0.5) is 0 Å². The van der Waals surface area contributed by atoms with Crippen molar-refractivity contribution in [2.45, 2.75) is 329 Å². The maximum absolute atomic E-state index is 10.2. The van der Waals surface area contributed by atoms with Crippen LogP contribution in [-0.4, -0.2) is 17.9 Å². The van der Waals surface area contributed by atoms with Crippen LogP contribution in [0.3, 0.4) is 0 Å². The third-order valence-corrected chi connectivity index (χ3v) is 12.7. The second kappa shape index (κ2) is 69.1. The third-order valence-electron chi connectivity index (χ3n) is 12.7. The van der Waals surface area contributed by atoms with Gasteiger partial charge in [0.2, 0.25) is 0 Å². The summed E-state index contributed by atoms with van der Waals surface area (Å²) in [5.41, 5.74) is 0. The predicted octanol–water partition coefficient (Wildman–Crippen LogP) is 16.7. The molecule has 0 saturated heterocycles. The van der Waals surface area contributed by atoms with Gasteiger partial charge in [-0.2, -0.15) is 0 Å². The second-order valence-corrected chi connectivity index (χ2v) is 19.4. The molecule has 0 atom stereocenters. The summed E-state index contributed by atoms with van der Waals surface area (Å²) in [6.45, 7) is 6.82. The summed E-state index contributed by atoms with van der Waals surface area (Å²) in [5.74, 6) is -3.25. The Bertz CT molecular complexity index is 911. The minimum Gasteiger partial charge on any atom is -0.545 e. The average Bonchev–Trinajstić information content (AvgIpc) is 3.29. The van der Waals surface area contributed by atoms with Crippen LogP contribution in [0.25, 0.3) is 0 Å². The molecule has 0 N–H and O–H groups in total. The molecule has 0 amide bonds. The normalized spacial score (nSPS) is 11.1. The first kappa shape index (κ1) is 72.4. The van der Waals surface area contributed by atoms with Crippen molar-refractivity contribution in [3.63, 3.8) is 0 Å². The Morgan fingerprint density at radius 2 is 0.358 bits per heavy atom. The van der Waals surface area contributed by atoms with E-state index in [1.165, 1.54) is 270 Å². The number of allylic oxidation sites excluding steroid dienone is 3. The van der Waals surface area contributed by atoms with Gasteiger partial charge in [-0.25, -0.2) is 0 Å². The van der Waals surface area contributed by atoms with Crippen LogP contribution in [0, 0.1) is 35.6 Å². The fourth-order valence-electron chi connectivity index (χ4n) is 8.44. The first-order valence-electron chi connectivity index (χ1n) is 28.9. The molecule has 0 unspecified atom stereocenters. The van der Waals surface area contributed by atoms with Gasteiger partial charge in [0.1, 0.15) is 0 Å². The Morgan fingerprint density at radius 1 is 0.239 bits per heavy atom. The molecule has 0 saturated carbocycles. The van der Waals surface area contributed by atoms with E-state index in [1.807, 2.05) is 0 Å². The van der Waals surface area contributed by atoms with E-state index >= 15 is 0 Å². The molecule has 0 aliphatic carbocycles. The average molecular weight is 1070 g/mol. The number of rotatable bonds is 51. The summed E-state index contributed by atoms with van der Waals surface area (Å²) in [6, 6.07) is 0. The van der Waals surface area contributed by atoms with Crippen molar-refractivity contribution in [1.82, 2.24) is 0 Å². The molecular formula is C60H111LaO6. The standard InChI is InChI=1S/3C20H38O2.La/c3*1-2-3-4-5-6-7-8-9-10-11-12-13-14-15-16-17-18-19-20(21)22;/h3*18-19H,2-17H2,1H3,(H,21,22);/q;;;+3/p-3. The second-order valence-electron chi connectivity index (χ2n) is 19.4. The molecule has 0 rings (SSSR count). The largest absolute Gasteiger partial charge is 3.00 e. The van der Waals surface area contributed by atoms with Crippen LogP contribution in [0.15, 0.2) is 36.5 Å². The number of hydrogen-bond acceptors (Lipinski definition) is 6. The summed E-state index contributed by atoms with van der Waals surface area (Å²) < 4.78 is 0. The van der Waals surface area contributed by atoms with Crippen molar-refractivity contribution in [2.24, 2.45) is 0 Å². The van der Waals surface area contributed by atoms with Gasteiger partial charge in [0.05, 0.1) is 17.9 Å². The smallest absolute Gasteiger partial charge is 0.545 e. The fraction of sp³-hybridized carbons (Fsp3) is 0.850. The molecular weight excluding hydrogens is 956 g/mol. The van der Waals surface area contributed by atoms with Crippen LogP contribution in [-0.2, 0) is 14.4 Å². The maximum Gasteiger partial charge on any atom is 3.00 e. The van der Waals surface area contributed by atoms with Crippen molar-refractivity contribution in [2.75, 3.05) is 0 Å². The first-order valence-corrected chi connectivity index (χ1v) is 28.9. The van der Waals surface area contributed by atoms with E-state index in [2.05, 4.69) is 20.8 Å². The first-order chi connectivity index (χ1) is 32.3. The Labute approximate surface area is 445 Å². The number of hydrogen-bond donors (Lipinski definition) is 0. The van der Waals surface area contributed by atoms with Gasteiger partial charge in [-0.05, 0) is 56.8 Å². The molecule has 7 heteroatoms. The summed E-state index contributed by atoms with van der Waals surface area (Å²) in [7, 11) is 0. The zero-order valence-corrected chi connectivity index (χ0v) is 48.6. The Balaban J connectivity index is -0.000000441. The van der Waals surface area contributed by atoms with E-state index in [4.69, 9.17) is 0 Å². The minimum absolute atomic E-state index is 0. The van der Waals surface area contributed by atoms with Gasteiger partial charge >= 0.3 is 35.6 Å². The van der Waals surface area contributed by atoms with Gasteiger partial charge in [-0.1, -0.05) is 309 Å². The Kier molecular flexibility index (Phi) is 74.6. The van der Waals surface area contributed by atoms with E-state index in [0.29, 0.717) is 0 Å². The summed E-state index contributed by atoms with van der Waals surface area (Å²) in [4.78, 5) is 30.5. The summed E-state index contributed by atoms with van der Waals surface area (Å²) in [5, 5.41) is 30.5. The maximum atomic E-state index is 10.2. The van der Waals surface area contributed by atoms with Crippen molar-refractivity contribution in [3.8, 4) is 0 Å². The van der Waals surface area contributed by atoms with Gasteiger partial charge < -0.3 is 29.7 Å². The number of carboxylic acid groups (broad SMARTS) is 3. The van der Waals surface area contributed by atoms with Crippen molar-refractivity contribution in [1.29, 1.82) is 0 Å². The zero-order valence-electron chi connectivity index (χ0n) is 44.9. The number of unbranched alkanes of at least 4 members (excludes halogenated alkanes) is 45. The number of carboxylic acids is 3. The van der Waals surface area contributed by atoms with Crippen molar-refractivity contribution in [3.05, 3.63) is 36.5 Å². The molecule has 0 aliphatic rings. The molecule has 0 bridgehead atoms. The molecule has 0 aromatic heterocycles. The molecule has 0 radical (unpaired) electrons. The quantitative estimate of drug-likeness (QED) is 0.0442. The van der Waals surface area contributed by atoms with Crippen molar-refractivity contribution >= 4 is 17.9 Å². The van der Waals surface area contributed by atoms with E-state index in [-0.39, 0.29) is 35.6 Å². The van der Waals surface area contributed by atoms with Crippen LogP contribution < -0.4 is 15.3 Å². The minimum atomic E-state index is -1.08. The van der Waals surface area contributed by atoms with Gasteiger partial charge in [0, 0.05) is 0 Å². The third kappa shape index (κ3) is 82.1. The van der Waals surface area contributed by atoms with Gasteiger partial charge in [-0.15, -0.1) is 0 Å². The van der Waals surface area contributed by atoms with Gasteiger partial charge in [0.15, 0.2) is 0 Å². The zero-order chi connectivity index (χ0) is 48.9. The molecule has 0 aromatic carbocycles. The van der Waals surface area contributed by atoms with Gasteiger partial charge in [0.25, 0.3) is 0 Å². The number of carbonyl (C=O) groups excluding carboxylic acids is 3.